The molecule has 46 heavy (non-hydrogen) atoms. The Bertz CT molecular complexity index is 1800. The van der Waals surface area contributed by atoms with Gasteiger partial charge in [0.25, 0.3) is 0 Å². The summed E-state index contributed by atoms with van der Waals surface area (Å²) in [6.45, 7) is 7.65. The number of alkyl halides is 3. The van der Waals surface area contributed by atoms with E-state index in [2.05, 4.69) is 25.1 Å². The lowest BCUT2D eigenvalue weighted by Crippen LogP contribution is -2.32. The molecule has 3 amide bonds. The average Bonchev–Trinajstić information content (AvgIpc) is 3.59. The number of urea groups is 1. The van der Waals surface area contributed by atoms with E-state index < -0.39 is 18.0 Å². The Morgan fingerprint density at radius 2 is 1.72 bits per heavy atom. The van der Waals surface area contributed by atoms with Gasteiger partial charge in [-0.15, -0.1) is 18.3 Å². The van der Waals surface area contributed by atoms with E-state index in [1.165, 1.54) is 51.9 Å². The number of aromatic nitrogens is 3. The number of ether oxygens (including phenoxy) is 2. The SMILES string of the molecule is Cc1ccc(OC(C)(C)C)c(N2C(=O)CSC2=NC(=O)Nc2ccc(/C=C/c3ncn(-c4ccc(OC(F)(F)F)cc4)n3)cc2)c1. The average molecular weight is 651 g/mol. The van der Waals surface area contributed by atoms with E-state index in [-0.39, 0.29) is 22.6 Å². The minimum absolute atomic E-state index is 0.145. The summed E-state index contributed by atoms with van der Waals surface area (Å²) >= 11 is 1.18. The predicted molar refractivity (Wildman–Crippen MR) is 171 cm³/mol. The van der Waals surface area contributed by atoms with Gasteiger partial charge in [0.1, 0.15) is 23.4 Å². The fourth-order valence-electron chi connectivity index (χ4n) is 4.26. The molecule has 0 aliphatic carbocycles. The zero-order chi connectivity index (χ0) is 33.1. The van der Waals surface area contributed by atoms with Crippen molar-refractivity contribution in [3.05, 3.63) is 90.0 Å². The van der Waals surface area contributed by atoms with Crippen LogP contribution in [0.5, 0.6) is 11.5 Å². The highest BCUT2D eigenvalue weighted by molar-refractivity contribution is 8.15. The van der Waals surface area contributed by atoms with Crippen LogP contribution in [0.15, 0.2) is 78.0 Å². The number of hydrogen-bond acceptors (Lipinski definition) is 7. The Balaban J connectivity index is 1.22. The van der Waals surface area contributed by atoms with E-state index >= 15 is 0 Å². The van der Waals surface area contributed by atoms with Crippen molar-refractivity contribution in [1.82, 2.24) is 14.8 Å². The number of thioether (sulfide) groups is 1. The summed E-state index contributed by atoms with van der Waals surface area (Å²) in [7, 11) is 0. The highest BCUT2D eigenvalue weighted by Gasteiger charge is 2.33. The molecule has 1 fully saturated rings. The molecule has 238 valence electrons. The van der Waals surface area contributed by atoms with Crippen LogP contribution in [0, 0.1) is 6.92 Å². The quantitative estimate of drug-likeness (QED) is 0.221. The van der Waals surface area contributed by atoms with E-state index in [1.54, 1.807) is 42.5 Å². The lowest BCUT2D eigenvalue weighted by molar-refractivity contribution is -0.274. The standard InChI is InChI=1S/C32H29F3N6O4S/c1-20-5-15-26(45-31(2,3)4)25(17-20)41-28(42)18-46-30(41)38-29(43)37-22-9-6-21(7-10-22)8-16-27-36-19-40(39-27)23-11-13-24(14-12-23)44-32(33,34)35/h5-17,19H,18H2,1-4H3,(H,37,43)/b16-8+,38-30?. The molecule has 0 unspecified atom stereocenters. The van der Waals surface area contributed by atoms with E-state index in [0.717, 1.165) is 11.1 Å². The van der Waals surface area contributed by atoms with Crippen LogP contribution in [0.3, 0.4) is 0 Å². The maximum atomic E-state index is 12.9. The Labute approximate surface area is 266 Å². The van der Waals surface area contributed by atoms with E-state index in [1.807, 2.05) is 39.8 Å². The Hall–Kier alpha value is -5.11. The van der Waals surface area contributed by atoms with Gasteiger partial charge < -0.3 is 14.8 Å². The van der Waals surface area contributed by atoms with Gasteiger partial charge in [-0.1, -0.05) is 36.0 Å². The summed E-state index contributed by atoms with van der Waals surface area (Å²) in [6.07, 6.45) is 0.110. The molecule has 0 atom stereocenters. The number of hydrogen-bond donors (Lipinski definition) is 1. The molecule has 4 aromatic rings. The van der Waals surface area contributed by atoms with Crippen molar-refractivity contribution in [3.63, 3.8) is 0 Å². The number of amides is 3. The van der Waals surface area contributed by atoms with Crippen molar-refractivity contribution >= 4 is 52.4 Å². The molecule has 14 heteroatoms. The van der Waals surface area contributed by atoms with E-state index in [0.29, 0.717) is 28.6 Å². The fraction of sp³-hybridized carbons (Fsp3) is 0.219. The van der Waals surface area contributed by atoms with Gasteiger partial charge in [-0.05, 0) is 93.4 Å². The van der Waals surface area contributed by atoms with Crippen LogP contribution < -0.4 is 19.7 Å². The first-order valence-electron chi connectivity index (χ1n) is 13.9. The molecule has 5 rings (SSSR count). The fourth-order valence-corrected chi connectivity index (χ4v) is 5.12. The van der Waals surface area contributed by atoms with E-state index in [4.69, 9.17) is 4.74 Å². The molecule has 1 aromatic heterocycles. The molecule has 0 saturated carbocycles. The van der Waals surface area contributed by atoms with Gasteiger partial charge in [-0.25, -0.2) is 14.5 Å². The number of carbonyl (C=O) groups is 2. The van der Waals surface area contributed by atoms with Crippen LogP contribution in [0.4, 0.5) is 29.3 Å². The summed E-state index contributed by atoms with van der Waals surface area (Å²) in [5.41, 5.74) is 2.76. The van der Waals surface area contributed by atoms with Gasteiger partial charge in [-0.3, -0.25) is 9.69 Å². The Morgan fingerprint density at radius 3 is 2.39 bits per heavy atom. The number of carbonyl (C=O) groups excluding carboxylic acids is 2. The number of aliphatic imine (C=N–C) groups is 1. The first-order chi connectivity index (χ1) is 21.7. The smallest absolute Gasteiger partial charge is 0.486 e. The van der Waals surface area contributed by atoms with Gasteiger partial charge in [0, 0.05) is 5.69 Å². The summed E-state index contributed by atoms with van der Waals surface area (Å²) in [4.78, 5) is 35.5. The number of benzene rings is 3. The zero-order valence-corrected chi connectivity index (χ0v) is 26.0. The molecular weight excluding hydrogens is 621 g/mol. The highest BCUT2D eigenvalue weighted by Crippen LogP contribution is 2.37. The monoisotopic (exact) mass is 650 g/mol. The van der Waals surface area contributed by atoms with Crippen LogP contribution in [-0.4, -0.2) is 49.6 Å². The van der Waals surface area contributed by atoms with Gasteiger partial charge in [0.2, 0.25) is 5.91 Å². The molecule has 1 aliphatic heterocycles. The van der Waals surface area contributed by atoms with Crippen LogP contribution >= 0.6 is 11.8 Å². The lowest BCUT2D eigenvalue weighted by Gasteiger charge is -2.26. The summed E-state index contributed by atoms with van der Waals surface area (Å²) in [6, 6.07) is 17.1. The van der Waals surface area contributed by atoms with Crippen LogP contribution in [0.1, 0.15) is 37.7 Å². The third-order valence-corrected chi connectivity index (χ3v) is 7.09. The Morgan fingerprint density at radius 1 is 1.00 bits per heavy atom. The van der Waals surface area contributed by atoms with Gasteiger partial charge in [0.05, 0.1) is 17.1 Å². The molecule has 1 aliphatic rings. The van der Waals surface area contributed by atoms with Gasteiger partial charge in [0.15, 0.2) is 11.0 Å². The second-order valence-corrected chi connectivity index (χ2v) is 12.0. The van der Waals surface area contributed by atoms with Crippen molar-refractivity contribution < 1.29 is 32.2 Å². The second-order valence-electron chi connectivity index (χ2n) is 11.1. The topological polar surface area (TPSA) is 111 Å². The molecule has 10 nitrogen and oxygen atoms in total. The third kappa shape index (κ3) is 8.53. The number of amidine groups is 1. The molecule has 0 radical (unpaired) electrons. The van der Waals surface area contributed by atoms with Crippen molar-refractivity contribution in [2.24, 2.45) is 4.99 Å². The maximum Gasteiger partial charge on any atom is 0.573 e. The molecule has 0 spiro atoms. The molecular formula is C32H29F3N6O4S. The second kappa shape index (κ2) is 13.1. The number of rotatable bonds is 7. The first-order valence-corrected chi connectivity index (χ1v) is 14.9. The summed E-state index contributed by atoms with van der Waals surface area (Å²) in [5.74, 6) is 0.500. The minimum Gasteiger partial charge on any atom is -0.486 e. The normalized spacial score (nSPS) is 14.7. The van der Waals surface area contributed by atoms with E-state index in [9.17, 15) is 22.8 Å². The largest absolute Gasteiger partial charge is 0.573 e. The number of aryl methyl sites for hydroxylation is 1. The zero-order valence-electron chi connectivity index (χ0n) is 25.2. The molecule has 1 saturated heterocycles. The predicted octanol–water partition coefficient (Wildman–Crippen LogP) is 7.49. The van der Waals surface area contributed by atoms with Crippen molar-refractivity contribution in [3.8, 4) is 17.2 Å². The minimum atomic E-state index is -4.77. The number of nitrogens with zero attached hydrogens (tertiary/aromatic N) is 5. The molecule has 1 N–H and O–H groups in total. The number of halogens is 3. The van der Waals surface area contributed by atoms with Crippen LogP contribution in [0.25, 0.3) is 17.8 Å². The van der Waals surface area contributed by atoms with Gasteiger partial charge in [-0.2, -0.15) is 4.99 Å². The molecule has 0 bridgehead atoms. The summed E-state index contributed by atoms with van der Waals surface area (Å²) in [5, 5.41) is 7.29. The summed E-state index contributed by atoms with van der Waals surface area (Å²) < 4.78 is 48.6. The molecule has 3 aromatic carbocycles. The van der Waals surface area contributed by atoms with Crippen LogP contribution in [0.2, 0.25) is 0 Å². The third-order valence-electron chi connectivity index (χ3n) is 6.17. The van der Waals surface area contributed by atoms with Gasteiger partial charge >= 0.3 is 12.4 Å². The maximum absolute atomic E-state index is 12.9. The number of anilines is 2. The Kier molecular flexibility index (Phi) is 9.19. The van der Waals surface area contributed by atoms with Crippen molar-refractivity contribution in [2.45, 2.75) is 39.7 Å². The lowest BCUT2D eigenvalue weighted by atomic mass is 10.1. The number of nitrogens with one attached hydrogen (secondary N) is 1. The highest BCUT2D eigenvalue weighted by atomic mass is 32.2. The van der Waals surface area contributed by atoms with Crippen LogP contribution in [-0.2, 0) is 4.79 Å². The van der Waals surface area contributed by atoms with Crippen molar-refractivity contribution in [2.75, 3.05) is 16.0 Å². The van der Waals surface area contributed by atoms with Crippen molar-refractivity contribution in [1.29, 1.82) is 0 Å². The molecule has 2 heterocycles. The first kappa shape index (κ1) is 32.3.